The summed E-state index contributed by atoms with van der Waals surface area (Å²) < 4.78 is 1.12. The van der Waals surface area contributed by atoms with Crippen LogP contribution < -0.4 is 5.32 Å². The molecule has 1 unspecified atom stereocenters. The van der Waals surface area contributed by atoms with Crippen LogP contribution in [0.2, 0.25) is 5.02 Å². The van der Waals surface area contributed by atoms with Gasteiger partial charge in [-0.05, 0) is 36.7 Å². The summed E-state index contributed by atoms with van der Waals surface area (Å²) in [7, 11) is 1.97. The summed E-state index contributed by atoms with van der Waals surface area (Å²) in [6, 6.07) is 16.5. The van der Waals surface area contributed by atoms with Crippen LogP contribution in [-0.4, -0.2) is 7.05 Å². The molecule has 18 heavy (non-hydrogen) atoms. The molecule has 0 heterocycles. The predicted molar refractivity (Wildman–Crippen MR) is 81.1 cm³/mol. The zero-order valence-corrected chi connectivity index (χ0v) is 12.5. The van der Waals surface area contributed by atoms with Gasteiger partial charge in [0.2, 0.25) is 0 Å². The molecule has 0 saturated heterocycles. The Balaban J connectivity index is 2.26. The fourth-order valence-electron chi connectivity index (χ4n) is 2.01. The maximum Gasteiger partial charge on any atom is 0.0438 e. The number of hydrogen-bond acceptors (Lipinski definition) is 1. The Morgan fingerprint density at radius 3 is 2.44 bits per heavy atom. The van der Waals surface area contributed by atoms with E-state index in [0.717, 1.165) is 21.5 Å². The summed E-state index contributed by atoms with van der Waals surface area (Å²) in [5.74, 6) is 0. The molecule has 94 valence electrons. The van der Waals surface area contributed by atoms with E-state index < -0.39 is 0 Å². The Bertz CT molecular complexity index is 527. The normalized spacial score (nSPS) is 12.4. The Morgan fingerprint density at radius 2 is 1.78 bits per heavy atom. The van der Waals surface area contributed by atoms with Crippen molar-refractivity contribution >= 4 is 27.5 Å². The average Bonchev–Trinajstić information content (AvgIpc) is 2.39. The third-order valence-electron chi connectivity index (χ3n) is 3.01. The topological polar surface area (TPSA) is 12.0 Å². The van der Waals surface area contributed by atoms with Gasteiger partial charge < -0.3 is 5.32 Å². The van der Waals surface area contributed by atoms with Crippen molar-refractivity contribution < 1.29 is 0 Å². The molecule has 0 fully saturated rings. The van der Waals surface area contributed by atoms with Crippen molar-refractivity contribution in [1.82, 2.24) is 5.32 Å². The molecule has 0 aromatic heterocycles. The smallest absolute Gasteiger partial charge is 0.0438 e. The maximum atomic E-state index is 6.21. The van der Waals surface area contributed by atoms with E-state index >= 15 is 0 Å². The average molecular weight is 325 g/mol. The Labute approximate surface area is 121 Å². The summed E-state index contributed by atoms with van der Waals surface area (Å²) in [5, 5.41) is 4.17. The monoisotopic (exact) mass is 323 g/mol. The first-order valence-electron chi connectivity index (χ1n) is 5.87. The summed E-state index contributed by atoms with van der Waals surface area (Å²) in [5.41, 5.74) is 2.41. The number of nitrogens with one attached hydrogen (secondary N) is 1. The molecule has 0 aliphatic carbocycles. The van der Waals surface area contributed by atoms with Crippen LogP contribution in [0, 0.1) is 0 Å². The molecule has 2 aromatic carbocycles. The van der Waals surface area contributed by atoms with Crippen molar-refractivity contribution in [3.8, 4) is 0 Å². The molecule has 2 rings (SSSR count). The molecule has 0 amide bonds. The van der Waals surface area contributed by atoms with E-state index in [2.05, 4.69) is 45.5 Å². The first-order chi connectivity index (χ1) is 8.72. The van der Waals surface area contributed by atoms with Crippen LogP contribution in [0.5, 0.6) is 0 Å². The quantitative estimate of drug-likeness (QED) is 0.866. The molecule has 1 atom stereocenters. The number of benzene rings is 2. The van der Waals surface area contributed by atoms with Crippen LogP contribution in [0.15, 0.2) is 53.0 Å². The second-order valence-electron chi connectivity index (χ2n) is 4.16. The molecule has 0 radical (unpaired) electrons. The van der Waals surface area contributed by atoms with Crippen molar-refractivity contribution in [3.63, 3.8) is 0 Å². The fourth-order valence-corrected chi connectivity index (χ4v) is 2.78. The van der Waals surface area contributed by atoms with Crippen LogP contribution in [0.25, 0.3) is 0 Å². The van der Waals surface area contributed by atoms with Crippen LogP contribution >= 0.6 is 27.5 Å². The zero-order chi connectivity index (χ0) is 13.0. The molecule has 3 heteroatoms. The number of likely N-dealkylation sites (N-methyl/N-ethyl adjacent to an activating group) is 1. The third kappa shape index (κ3) is 3.14. The van der Waals surface area contributed by atoms with E-state index in [4.69, 9.17) is 11.6 Å². The molecular formula is C15H15BrClN. The van der Waals surface area contributed by atoms with Crippen LogP contribution in [0.4, 0.5) is 0 Å². The van der Waals surface area contributed by atoms with Crippen molar-refractivity contribution in [2.75, 3.05) is 7.05 Å². The van der Waals surface area contributed by atoms with E-state index in [1.165, 1.54) is 5.56 Å². The first kappa shape index (κ1) is 13.6. The summed E-state index contributed by atoms with van der Waals surface area (Å²) >= 11 is 9.81. The van der Waals surface area contributed by atoms with Crippen molar-refractivity contribution in [1.29, 1.82) is 0 Å². The van der Waals surface area contributed by atoms with Crippen LogP contribution in [-0.2, 0) is 6.42 Å². The van der Waals surface area contributed by atoms with Gasteiger partial charge in [0.1, 0.15) is 0 Å². The Hall–Kier alpha value is -0.830. The maximum absolute atomic E-state index is 6.21. The predicted octanol–water partition coefficient (Wildman–Crippen LogP) is 4.61. The van der Waals surface area contributed by atoms with E-state index in [-0.39, 0.29) is 6.04 Å². The lowest BCUT2D eigenvalue weighted by molar-refractivity contribution is 0.590. The number of halogens is 2. The summed E-state index contributed by atoms with van der Waals surface area (Å²) in [6.07, 6.45) is 0.874. The minimum atomic E-state index is 0.250. The first-order valence-corrected chi connectivity index (χ1v) is 7.04. The minimum absolute atomic E-state index is 0.250. The molecule has 1 nitrogen and oxygen atoms in total. The van der Waals surface area contributed by atoms with Crippen LogP contribution in [0.3, 0.4) is 0 Å². The highest BCUT2D eigenvalue weighted by Gasteiger charge is 2.14. The van der Waals surface area contributed by atoms with Crippen molar-refractivity contribution in [2.45, 2.75) is 12.5 Å². The largest absolute Gasteiger partial charge is 0.313 e. The second kappa shape index (κ2) is 6.37. The highest BCUT2D eigenvalue weighted by atomic mass is 79.9. The fraction of sp³-hybridized carbons (Fsp3) is 0.200. The van der Waals surface area contributed by atoms with Gasteiger partial charge in [-0.2, -0.15) is 0 Å². The van der Waals surface area contributed by atoms with Crippen LogP contribution in [0.1, 0.15) is 17.2 Å². The molecule has 0 aliphatic heterocycles. The lowest BCUT2D eigenvalue weighted by Gasteiger charge is -2.18. The molecule has 0 spiro atoms. The highest BCUT2D eigenvalue weighted by Crippen LogP contribution is 2.27. The van der Waals surface area contributed by atoms with Crippen molar-refractivity contribution in [3.05, 3.63) is 69.2 Å². The van der Waals surface area contributed by atoms with E-state index in [1.807, 2.05) is 31.3 Å². The lowest BCUT2D eigenvalue weighted by Crippen LogP contribution is -2.19. The van der Waals surface area contributed by atoms with E-state index in [1.54, 1.807) is 0 Å². The molecular weight excluding hydrogens is 310 g/mol. The molecule has 0 saturated carbocycles. The molecule has 1 N–H and O–H groups in total. The SMILES string of the molecule is CNC(Cc1ccccc1Cl)c1ccccc1Br. The van der Waals surface area contributed by atoms with Gasteiger partial charge in [0.15, 0.2) is 0 Å². The number of rotatable bonds is 4. The summed E-state index contributed by atoms with van der Waals surface area (Å²) in [4.78, 5) is 0. The second-order valence-corrected chi connectivity index (χ2v) is 5.42. The minimum Gasteiger partial charge on any atom is -0.313 e. The Kier molecular flexibility index (Phi) is 4.81. The lowest BCUT2D eigenvalue weighted by atomic mass is 9.99. The van der Waals surface area contributed by atoms with Gasteiger partial charge in [-0.3, -0.25) is 0 Å². The van der Waals surface area contributed by atoms with Gasteiger partial charge in [-0.25, -0.2) is 0 Å². The van der Waals surface area contributed by atoms with E-state index in [0.29, 0.717) is 0 Å². The number of hydrogen-bond donors (Lipinski definition) is 1. The molecule has 0 bridgehead atoms. The van der Waals surface area contributed by atoms with E-state index in [9.17, 15) is 0 Å². The Morgan fingerprint density at radius 1 is 1.11 bits per heavy atom. The van der Waals surface area contributed by atoms with Gasteiger partial charge in [-0.15, -0.1) is 0 Å². The van der Waals surface area contributed by atoms with Gasteiger partial charge in [-0.1, -0.05) is 63.9 Å². The molecule has 2 aromatic rings. The van der Waals surface area contributed by atoms with Gasteiger partial charge in [0, 0.05) is 15.5 Å². The van der Waals surface area contributed by atoms with Gasteiger partial charge in [0.05, 0.1) is 0 Å². The van der Waals surface area contributed by atoms with Crippen molar-refractivity contribution in [2.24, 2.45) is 0 Å². The summed E-state index contributed by atoms with van der Waals surface area (Å²) in [6.45, 7) is 0. The highest BCUT2D eigenvalue weighted by molar-refractivity contribution is 9.10. The molecule has 0 aliphatic rings. The third-order valence-corrected chi connectivity index (χ3v) is 4.10. The zero-order valence-electron chi connectivity index (χ0n) is 10.2. The van der Waals surface area contributed by atoms with Gasteiger partial charge in [0.25, 0.3) is 0 Å². The van der Waals surface area contributed by atoms with Gasteiger partial charge >= 0.3 is 0 Å². The standard InChI is InChI=1S/C15H15BrClN/c1-18-15(12-7-3-4-8-13(12)16)10-11-6-2-5-9-14(11)17/h2-9,15,18H,10H2,1H3.